The highest BCUT2D eigenvalue weighted by Crippen LogP contribution is 2.00. The summed E-state index contributed by atoms with van der Waals surface area (Å²) in [5, 5.41) is 0. The summed E-state index contributed by atoms with van der Waals surface area (Å²) in [5.41, 5.74) is 1.06. The molecule has 1 rings (SSSR count). The van der Waals surface area contributed by atoms with Crippen LogP contribution in [0.5, 0.6) is 0 Å². The van der Waals surface area contributed by atoms with Gasteiger partial charge in [-0.2, -0.15) is 0 Å². The lowest BCUT2D eigenvalue weighted by Gasteiger charge is -2.21. The van der Waals surface area contributed by atoms with Crippen LogP contribution in [0.3, 0.4) is 0 Å². The van der Waals surface area contributed by atoms with Crippen molar-refractivity contribution in [2.75, 3.05) is 40.5 Å². The first-order chi connectivity index (χ1) is 9.26. The third-order valence-corrected chi connectivity index (χ3v) is 2.88. The Morgan fingerprint density at radius 3 is 2.74 bits per heavy atom. The lowest BCUT2D eigenvalue weighted by atomic mass is 10.2. The van der Waals surface area contributed by atoms with Gasteiger partial charge in [0.1, 0.15) is 0 Å². The van der Waals surface area contributed by atoms with Gasteiger partial charge in [-0.25, -0.2) is 0 Å². The van der Waals surface area contributed by atoms with E-state index in [1.165, 1.54) is 7.11 Å². The smallest absolute Gasteiger partial charge is 0.306 e. The van der Waals surface area contributed by atoms with Crippen molar-refractivity contribution in [1.29, 1.82) is 0 Å². The Hall–Kier alpha value is -1.46. The second-order valence-electron chi connectivity index (χ2n) is 4.23. The van der Waals surface area contributed by atoms with Gasteiger partial charge in [-0.15, -0.1) is 0 Å². The number of hydrogen-bond acceptors (Lipinski definition) is 5. The van der Waals surface area contributed by atoms with E-state index in [4.69, 9.17) is 4.74 Å². The van der Waals surface area contributed by atoms with Crippen molar-refractivity contribution in [2.45, 2.75) is 12.8 Å². The molecule has 0 saturated heterocycles. The molecule has 5 nitrogen and oxygen atoms in total. The molecular weight excluding hydrogens is 244 g/mol. The predicted octanol–water partition coefficient (Wildman–Crippen LogP) is 1.14. The first-order valence-electron chi connectivity index (χ1n) is 6.44. The monoisotopic (exact) mass is 266 g/mol. The summed E-state index contributed by atoms with van der Waals surface area (Å²) in [7, 11) is 3.09. The minimum atomic E-state index is -0.180. The molecule has 0 aliphatic rings. The first-order valence-corrected chi connectivity index (χ1v) is 6.44. The summed E-state index contributed by atoms with van der Waals surface area (Å²) < 4.78 is 9.74. The summed E-state index contributed by atoms with van der Waals surface area (Å²) >= 11 is 0. The highest BCUT2D eigenvalue weighted by molar-refractivity contribution is 5.69. The number of carbonyl (C=O) groups excluding carboxylic acids is 1. The van der Waals surface area contributed by atoms with E-state index >= 15 is 0 Å². The van der Waals surface area contributed by atoms with Crippen LogP contribution in [0.15, 0.2) is 24.4 Å². The van der Waals surface area contributed by atoms with Crippen LogP contribution in [0.4, 0.5) is 0 Å². The van der Waals surface area contributed by atoms with Gasteiger partial charge in [-0.3, -0.25) is 9.78 Å². The zero-order valence-electron chi connectivity index (χ0n) is 11.7. The zero-order valence-corrected chi connectivity index (χ0v) is 11.7. The van der Waals surface area contributed by atoms with Gasteiger partial charge in [0.05, 0.1) is 20.1 Å². The molecule has 1 heterocycles. The third-order valence-electron chi connectivity index (χ3n) is 2.88. The van der Waals surface area contributed by atoms with Crippen LogP contribution in [-0.2, 0) is 20.7 Å². The normalized spacial score (nSPS) is 10.7. The summed E-state index contributed by atoms with van der Waals surface area (Å²) in [6, 6.07) is 5.90. The first kappa shape index (κ1) is 15.6. The van der Waals surface area contributed by atoms with Gasteiger partial charge >= 0.3 is 5.97 Å². The molecule has 1 aromatic rings. The molecule has 0 amide bonds. The lowest BCUT2D eigenvalue weighted by molar-refractivity contribution is -0.141. The fourth-order valence-corrected chi connectivity index (χ4v) is 1.73. The highest BCUT2D eigenvalue weighted by Gasteiger charge is 2.08. The maximum absolute atomic E-state index is 11.2. The Balaban J connectivity index is 2.37. The Kier molecular flexibility index (Phi) is 7.77. The Morgan fingerprint density at radius 1 is 1.26 bits per heavy atom. The predicted molar refractivity (Wildman–Crippen MR) is 72.9 cm³/mol. The average Bonchev–Trinajstić information content (AvgIpc) is 2.47. The molecule has 0 saturated carbocycles. The second kappa shape index (κ2) is 9.47. The van der Waals surface area contributed by atoms with E-state index in [1.807, 2.05) is 18.2 Å². The van der Waals surface area contributed by atoms with Gasteiger partial charge in [-0.1, -0.05) is 6.07 Å². The van der Waals surface area contributed by atoms with E-state index in [-0.39, 0.29) is 5.97 Å². The van der Waals surface area contributed by atoms with E-state index in [0.717, 1.165) is 25.2 Å². The average molecular weight is 266 g/mol. The van der Waals surface area contributed by atoms with Crippen molar-refractivity contribution in [3.05, 3.63) is 30.1 Å². The fourth-order valence-electron chi connectivity index (χ4n) is 1.73. The Bertz CT molecular complexity index is 357. The molecule has 0 aromatic carbocycles. The van der Waals surface area contributed by atoms with E-state index in [9.17, 15) is 4.79 Å². The second-order valence-corrected chi connectivity index (χ2v) is 4.23. The van der Waals surface area contributed by atoms with E-state index in [0.29, 0.717) is 19.6 Å². The Morgan fingerprint density at radius 2 is 2.11 bits per heavy atom. The zero-order chi connectivity index (χ0) is 13.9. The number of rotatable bonds is 9. The number of methoxy groups -OCH3 is 2. The van der Waals surface area contributed by atoms with Crippen molar-refractivity contribution in [3.63, 3.8) is 0 Å². The lowest BCUT2D eigenvalue weighted by Crippen LogP contribution is -2.32. The summed E-state index contributed by atoms with van der Waals surface area (Å²) in [4.78, 5) is 17.7. The molecule has 0 bridgehead atoms. The number of esters is 1. The fraction of sp³-hybridized carbons (Fsp3) is 0.571. The van der Waals surface area contributed by atoms with Crippen LogP contribution in [-0.4, -0.2) is 56.3 Å². The van der Waals surface area contributed by atoms with Crippen LogP contribution < -0.4 is 0 Å². The third kappa shape index (κ3) is 6.88. The topological polar surface area (TPSA) is 51.7 Å². The molecule has 0 spiro atoms. The molecule has 5 heteroatoms. The van der Waals surface area contributed by atoms with Crippen LogP contribution >= 0.6 is 0 Å². The largest absolute Gasteiger partial charge is 0.469 e. The maximum atomic E-state index is 11.2. The number of pyridine rings is 1. The molecule has 19 heavy (non-hydrogen) atoms. The van der Waals surface area contributed by atoms with Crippen LogP contribution in [0.2, 0.25) is 0 Å². The number of carbonyl (C=O) groups is 1. The van der Waals surface area contributed by atoms with Gasteiger partial charge in [0, 0.05) is 45.1 Å². The standard InChI is InChI=1S/C14H22N2O3/c1-18-12-11-16(10-7-14(17)19-2)9-6-13-5-3-4-8-15-13/h3-5,8H,6-7,9-12H2,1-2H3. The van der Waals surface area contributed by atoms with E-state index in [2.05, 4.69) is 14.6 Å². The number of aromatic nitrogens is 1. The van der Waals surface area contributed by atoms with Crippen molar-refractivity contribution in [2.24, 2.45) is 0 Å². The molecule has 0 aliphatic carbocycles. The van der Waals surface area contributed by atoms with Gasteiger partial charge in [-0.05, 0) is 12.1 Å². The molecule has 0 aliphatic heterocycles. The minimum absolute atomic E-state index is 0.180. The van der Waals surface area contributed by atoms with Crippen molar-refractivity contribution < 1.29 is 14.3 Å². The molecule has 0 radical (unpaired) electrons. The summed E-state index contributed by atoms with van der Waals surface area (Å²) in [6.45, 7) is 3.00. The highest BCUT2D eigenvalue weighted by atomic mass is 16.5. The van der Waals surface area contributed by atoms with Crippen molar-refractivity contribution >= 4 is 5.97 Å². The van der Waals surface area contributed by atoms with Gasteiger partial charge in [0.25, 0.3) is 0 Å². The van der Waals surface area contributed by atoms with Gasteiger partial charge in [0.2, 0.25) is 0 Å². The molecular formula is C14H22N2O3. The van der Waals surface area contributed by atoms with Crippen LogP contribution in [0.1, 0.15) is 12.1 Å². The van der Waals surface area contributed by atoms with Crippen molar-refractivity contribution in [1.82, 2.24) is 9.88 Å². The molecule has 0 unspecified atom stereocenters. The molecule has 0 atom stereocenters. The van der Waals surface area contributed by atoms with Gasteiger partial charge < -0.3 is 14.4 Å². The van der Waals surface area contributed by atoms with E-state index < -0.39 is 0 Å². The Labute approximate surface area is 114 Å². The maximum Gasteiger partial charge on any atom is 0.306 e. The molecule has 1 aromatic heterocycles. The van der Waals surface area contributed by atoms with Crippen LogP contribution in [0, 0.1) is 0 Å². The van der Waals surface area contributed by atoms with Crippen molar-refractivity contribution in [3.8, 4) is 0 Å². The van der Waals surface area contributed by atoms with Crippen LogP contribution in [0.25, 0.3) is 0 Å². The van der Waals surface area contributed by atoms with E-state index in [1.54, 1.807) is 13.3 Å². The SMILES string of the molecule is COCCN(CCC(=O)OC)CCc1ccccn1. The number of nitrogens with zero attached hydrogens (tertiary/aromatic N) is 2. The number of hydrogen-bond donors (Lipinski definition) is 0. The molecule has 106 valence electrons. The molecule has 0 fully saturated rings. The van der Waals surface area contributed by atoms with Gasteiger partial charge in [0.15, 0.2) is 0 Å². The summed E-state index contributed by atoms with van der Waals surface area (Å²) in [5.74, 6) is -0.180. The molecule has 0 N–H and O–H groups in total. The number of ether oxygens (including phenoxy) is 2. The summed E-state index contributed by atoms with van der Waals surface area (Å²) in [6.07, 6.45) is 3.07. The quantitative estimate of drug-likeness (QED) is 0.627. The minimum Gasteiger partial charge on any atom is -0.469 e.